The third kappa shape index (κ3) is 1.74. The Balaban J connectivity index is 2.56. The largest absolute Gasteiger partial charge is 0.362 e. The molecule has 1 heterocycles. The van der Waals surface area contributed by atoms with Gasteiger partial charge in [0.15, 0.2) is 0 Å². The summed E-state index contributed by atoms with van der Waals surface area (Å²) in [7, 11) is 0. The van der Waals surface area contributed by atoms with E-state index in [0.29, 0.717) is 18.3 Å². The summed E-state index contributed by atoms with van der Waals surface area (Å²) in [6.07, 6.45) is 1.47. The summed E-state index contributed by atoms with van der Waals surface area (Å²) < 4.78 is 5.61. The normalized spacial score (nSPS) is 33.5. The van der Waals surface area contributed by atoms with Crippen molar-refractivity contribution in [2.75, 3.05) is 6.61 Å². The van der Waals surface area contributed by atoms with E-state index in [2.05, 4.69) is 32.6 Å². The molecular weight excluding hydrogens is 138 g/mol. The lowest BCUT2D eigenvalue weighted by Gasteiger charge is -2.29. The molecule has 2 atom stereocenters. The molecule has 1 rings (SSSR count). The van der Waals surface area contributed by atoms with Crippen LogP contribution in [0.5, 0.6) is 0 Å². The van der Waals surface area contributed by atoms with Crippen molar-refractivity contribution in [1.29, 1.82) is 0 Å². The van der Waals surface area contributed by atoms with Gasteiger partial charge in [0.25, 0.3) is 0 Å². The number of rotatable bonds is 2. The Morgan fingerprint density at radius 3 is 2.55 bits per heavy atom. The Morgan fingerprint density at radius 2 is 2.18 bits per heavy atom. The summed E-state index contributed by atoms with van der Waals surface area (Å²) in [6.45, 7) is 9.77. The van der Waals surface area contributed by atoms with Crippen LogP contribution in [0.15, 0.2) is 0 Å². The van der Waals surface area contributed by atoms with Gasteiger partial charge in [0.1, 0.15) is 6.23 Å². The van der Waals surface area contributed by atoms with E-state index in [4.69, 9.17) is 4.74 Å². The first-order valence-corrected chi connectivity index (χ1v) is 4.55. The van der Waals surface area contributed by atoms with Crippen molar-refractivity contribution < 1.29 is 4.74 Å². The molecule has 1 saturated heterocycles. The molecule has 0 aliphatic carbocycles. The van der Waals surface area contributed by atoms with E-state index in [1.807, 2.05) is 0 Å². The number of ether oxygens (including phenoxy) is 1. The van der Waals surface area contributed by atoms with Gasteiger partial charge in [-0.25, -0.2) is 0 Å². The van der Waals surface area contributed by atoms with Crippen molar-refractivity contribution in [2.45, 2.75) is 52.4 Å². The molecule has 2 unspecified atom stereocenters. The molecule has 0 radical (unpaired) electrons. The highest BCUT2D eigenvalue weighted by molar-refractivity contribution is 4.79. The van der Waals surface area contributed by atoms with Crippen molar-refractivity contribution in [3.8, 4) is 0 Å². The Kier molecular flexibility index (Phi) is 2.90. The summed E-state index contributed by atoms with van der Waals surface area (Å²) in [5, 5.41) is 0. The molecule has 11 heavy (non-hydrogen) atoms. The van der Waals surface area contributed by atoms with E-state index in [0.717, 1.165) is 13.0 Å². The van der Waals surface area contributed by atoms with Crippen LogP contribution in [-0.4, -0.2) is 29.8 Å². The minimum Gasteiger partial charge on any atom is -0.362 e. The van der Waals surface area contributed by atoms with Crippen LogP contribution in [0.4, 0.5) is 0 Å². The Hall–Kier alpha value is -0.0800. The summed E-state index contributed by atoms with van der Waals surface area (Å²) in [6, 6.07) is 1.21. The average Bonchev–Trinajstić information content (AvgIpc) is 2.30. The Morgan fingerprint density at radius 1 is 1.55 bits per heavy atom. The van der Waals surface area contributed by atoms with Crippen molar-refractivity contribution in [3.63, 3.8) is 0 Å². The molecule has 2 heteroatoms. The van der Waals surface area contributed by atoms with Crippen LogP contribution in [0.2, 0.25) is 0 Å². The van der Waals surface area contributed by atoms with Gasteiger partial charge in [-0.15, -0.1) is 0 Å². The van der Waals surface area contributed by atoms with Crippen LogP contribution in [0.25, 0.3) is 0 Å². The smallest absolute Gasteiger partial charge is 0.110 e. The first kappa shape index (κ1) is 9.01. The van der Waals surface area contributed by atoms with Crippen LogP contribution in [0, 0.1) is 0 Å². The third-order valence-corrected chi connectivity index (χ3v) is 2.32. The van der Waals surface area contributed by atoms with Gasteiger partial charge in [0.2, 0.25) is 0 Å². The molecule has 1 aliphatic heterocycles. The second-order valence-electron chi connectivity index (χ2n) is 3.59. The van der Waals surface area contributed by atoms with Gasteiger partial charge in [0.05, 0.1) is 6.61 Å². The van der Waals surface area contributed by atoms with Crippen LogP contribution < -0.4 is 0 Å². The molecule has 1 fully saturated rings. The zero-order valence-electron chi connectivity index (χ0n) is 8.00. The minimum absolute atomic E-state index is 0.366. The molecule has 0 aromatic heterocycles. The first-order chi connectivity index (χ1) is 5.16. The van der Waals surface area contributed by atoms with Crippen molar-refractivity contribution in [1.82, 2.24) is 4.90 Å². The van der Waals surface area contributed by atoms with E-state index in [-0.39, 0.29) is 0 Å². The van der Waals surface area contributed by atoms with E-state index < -0.39 is 0 Å². The maximum absolute atomic E-state index is 5.61. The summed E-state index contributed by atoms with van der Waals surface area (Å²) in [5.74, 6) is 0. The first-order valence-electron chi connectivity index (χ1n) is 4.55. The van der Waals surface area contributed by atoms with E-state index >= 15 is 0 Å². The number of hydrogen-bond donors (Lipinski definition) is 0. The summed E-state index contributed by atoms with van der Waals surface area (Å²) >= 11 is 0. The predicted octanol–water partition coefficient (Wildman–Crippen LogP) is 1.85. The molecule has 66 valence electrons. The fraction of sp³-hybridized carbons (Fsp3) is 1.00. The van der Waals surface area contributed by atoms with E-state index in [1.54, 1.807) is 0 Å². The maximum atomic E-state index is 5.61. The monoisotopic (exact) mass is 157 g/mol. The molecule has 2 nitrogen and oxygen atoms in total. The topological polar surface area (TPSA) is 12.5 Å². The van der Waals surface area contributed by atoms with Gasteiger partial charge in [0, 0.05) is 12.1 Å². The molecule has 0 N–H and O–H groups in total. The summed E-state index contributed by atoms with van der Waals surface area (Å²) in [5.41, 5.74) is 0. The highest BCUT2D eigenvalue weighted by atomic mass is 16.5. The SMILES string of the molecule is CCC1OCC(C)N1C(C)C. The molecule has 0 aromatic rings. The second kappa shape index (κ2) is 3.55. The molecule has 0 spiro atoms. The zero-order chi connectivity index (χ0) is 8.43. The summed E-state index contributed by atoms with van der Waals surface area (Å²) in [4.78, 5) is 2.44. The van der Waals surface area contributed by atoms with Gasteiger partial charge in [-0.2, -0.15) is 0 Å². The quantitative estimate of drug-likeness (QED) is 0.606. The standard InChI is InChI=1S/C9H19NO/c1-5-9-10(7(2)3)8(4)6-11-9/h7-9H,5-6H2,1-4H3. The molecule has 0 bridgehead atoms. The van der Waals surface area contributed by atoms with Crippen LogP contribution in [0.1, 0.15) is 34.1 Å². The average molecular weight is 157 g/mol. The van der Waals surface area contributed by atoms with Crippen molar-refractivity contribution >= 4 is 0 Å². The fourth-order valence-corrected chi connectivity index (χ4v) is 1.88. The van der Waals surface area contributed by atoms with Gasteiger partial charge < -0.3 is 4.74 Å². The maximum Gasteiger partial charge on any atom is 0.110 e. The zero-order valence-corrected chi connectivity index (χ0v) is 8.00. The highest BCUT2D eigenvalue weighted by Gasteiger charge is 2.31. The molecule has 0 amide bonds. The minimum atomic E-state index is 0.366. The van der Waals surface area contributed by atoms with Crippen LogP contribution >= 0.6 is 0 Å². The predicted molar refractivity (Wildman–Crippen MR) is 46.5 cm³/mol. The Labute approximate surface area is 69.5 Å². The lowest BCUT2D eigenvalue weighted by molar-refractivity contribution is 0.0129. The van der Waals surface area contributed by atoms with Crippen LogP contribution in [-0.2, 0) is 4.74 Å². The molecule has 0 saturated carbocycles. The number of nitrogens with zero attached hydrogens (tertiary/aromatic N) is 1. The van der Waals surface area contributed by atoms with E-state index in [1.165, 1.54) is 0 Å². The second-order valence-corrected chi connectivity index (χ2v) is 3.59. The Bertz CT molecular complexity index is 125. The third-order valence-electron chi connectivity index (χ3n) is 2.32. The van der Waals surface area contributed by atoms with Gasteiger partial charge >= 0.3 is 0 Å². The van der Waals surface area contributed by atoms with Crippen molar-refractivity contribution in [3.05, 3.63) is 0 Å². The highest BCUT2D eigenvalue weighted by Crippen LogP contribution is 2.21. The molecule has 1 aliphatic rings. The fourth-order valence-electron chi connectivity index (χ4n) is 1.88. The van der Waals surface area contributed by atoms with Gasteiger partial charge in [-0.3, -0.25) is 4.90 Å². The van der Waals surface area contributed by atoms with E-state index in [9.17, 15) is 0 Å². The van der Waals surface area contributed by atoms with Crippen molar-refractivity contribution in [2.24, 2.45) is 0 Å². The number of hydrogen-bond acceptors (Lipinski definition) is 2. The lowest BCUT2D eigenvalue weighted by Crippen LogP contribution is -2.40. The molecular formula is C9H19NO. The van der Waals surface area contributed by atoms with Gasteiger partial charge in [-0.1, -0.05) is 6.92 Å². The van der Waals surface area contributed by atoms with Crippen LogP contribution in [0.3, 0.4) is 0 Å². The van der Waals surface area contributed by atoms with Gasteiger partial charge in [-0.05, 0) is 27.2 Å². The lowest BCUT2D eigenvalue weighted by atomic mass is 10.2. The molecule has 0 aromatic carbocycles.